The molecule has 27 heavy (non-hydrogen) atoms. The highest BCUT2D eigenvalue weighted by Crippen LogP contribution is 2.38. The highest BCUT2D eigenvalue weighted by molar-refractivity contribution is 14.1. The number of carbonyl (C=O) groups excluding carboxylic acids is 2. The summed E-state index contributed by atoms with van der Waals surface area (Å²) in [5.74, 6) is -1.01. The SMILES string of the molecule is CC(C)C(=O)OC(COC(=O)C(C)I)COC1CC(C)(C)N([O])C(C)(C)C1. The first-order valence-electron chi connectivity index (χ1n) is 9.36. The first-order valence-corrected chi connectivity index (χ1v) is 10.6. The number of nitrogens with zero attached hydrogens (tertiary/aromatic N) is 1. The second-order valence-corrected chi connectivity index (χ2v) is 10.6. The first-order chi connectivity index (χ1) is 12.3. The highest BCUT2D eigenvalue weighted by Gasteiger charge is 2.46. The number of hydrogen-bond acceptors (Lipinski definition) is 6. The van der Waals surface area contributed by atoms with Crippen molar-refractivity contribution in [1.82, 2.24) is 5.06 Å². The maximum Gasteiger partial charge on any atom is 0.318 e. The van der Waals surface area contributed by atoms with Crippen LogP contribution in [0, 0.1) is 5.92 Å². The van der Waals surface area contributed by atoms with Crippen molar-refractivity contribution < 1.29 is 29.0 Å². The summed E-state index contributed by atoms with van der Waals surface area (Å²) >= 11 is 1.97. The second kappa shape index (κ2) is 9.84. The number of piperidine rings is 1. The molecule has 1 saturated heterocycles. The number of rotatable bonds is 8. The lowest BCUT2D eigenvalue weighted by molar-refractivity contribution is -0.302. The Labute approximate surface area is 176 Å². The Morgan fingerprint density at radius 2 is 1.56 bits per heavy atom. The van der Waals surface area contributed by atoms with Gasteiger partial charge in [0.1, 0.15) is 10.5 Å². The van der Waals surface area contributed by atoms with E-state index in [1.54, 1.807) is 20.8 Å². The third-order valence-electron chi connectivity index (χ3n) is 4.56. The van der Waals surface area contributed by atoms with E-state index in [4.69, 9.17) is 14.2 Å². The minimum Gasteiger partial charge on any atom is -0.461 e. The van der Waals surface area contributed by atoms with Gasteiger partial charge in [-0.15, -0.1) is 10.3 Å². The van der Waals surface area contributed by atoms with Crippen LogP contribution >= 0.6 is 22.6 Å². The molecule has 7 nitrogen and oxygen atoms in total. The maximum atomic E-state index is 12.4. The summed E-state index contributed by atoms with van der Waals surface area (Å²) in [6.07, 6.45) is 0.347. The molecule has 157 valence electrons. The van der Waals surface area contributed by atoms with Crippen LogP contribution in [0.15, 0.2) is 0 Å². The molecule has 1 aliphatic heterocycles. The predicted molar refractivity (Wildman–Crippen MR) is 109 cm³/mol. The summed E-state index contributed by atoms with van der Waals surface area (Å²) in [5.41, 5.74) is -1.08. The van der Waals surface area contributed by atoms with Crippen molar-refractivity contribution in [3.63, 3.8) is 0 Å². The van der Waals surface area contributed by atoms with Crippen LogP contribution in [0.1, 0.15) is 61.3 Å². The molecule has 0 aromatic carbocycles. The number of alkyl halides is 1. The van der Waals surface area contributed by atoms with Crippen LogP contribution in [-0.4, -0.2) is 57.4 Å². The molecule has 0 N–H and O–H groups in total. The monoisotopic (exact) mass is 498 g/mol. The molecule has 1 aliphatic rings. The van der Waals surface area contributed by atoms with Gasteiger partial charge in [0.05, 0.1) is 18.6 Å². The lowest BCUT2D eigenvalue weighted by Crippen LogP contribution is -2.60. The van der Waals surface area contributed by atoms with E-state index in [0.717, 1.165) is 5.06 Å². The molecule has 1 fully saturated rings. The summed E-state index contributed by atoms with van der Waals surface area (Å²) in [4.78, 5) is 23.7. The summed E-state index contributed by atoms with van der Waals surface area (Å²) in [7, 11) is 0. The minimum atomic E-state index is -0.671. The van der Waals surface area contributed by atoms with Crippen LogP contribution in [0.4, 0.5) is 0 Å². The Bertz CT molecular complexity index is 502. The van der Waals surface area contributed by atoms with E-state index < -0.39 is 17.2 Å². The number of hydroxylamine groups is 2. The zero-order valence-electron chi connectivity index (χ0n) is 17.4. The van der Waals surface area contributed by atoms with E-state index in [0.29, 0.717) is 12.8 Å². The molecular formula is C19H33INO6. The summed E-state index contributed by atoms with van der Waals surface area (Å²) in [6, 6.07) is 0. The van der Waals surface area contributed by atoms with E-state index in [1.807, 2.05) is 50.3 Å². The van der Waals surface area contributed by atoms with Crippen molar-refractivity contribution >= 4 is 34.5 Å². The number of halogens is 1. The van der Waals surface area contributed by atoms with E-state index in [-0.39, 0.29) is 41.1 Å². The fourth-order valence-corrected chi connectivity index (χ4v) is 3.42. The van der Waals surface area contributed by atoms with Crippen LogP contribution in [0.5, 0.6) is 0 Å². The van der Waals surface area contributed by atoms with Gasteiger partial charge >= 0.3 is 11.9 Å². The Morgan fingerprint density at radius 1 is 1.04 bits per heavy atom. The van der Waals surface area contributed by atoms with Crippen molar-refractivity contribution in [3.8, 4) is 0 Å². The molecule has 0 aromatic rings. The summed E-state index contributed by atoms with van der Waals surface area (Å²) in [6.45, 7) is 12.9. The molecule has 2 unspecified atom stereocenters. The van der Waals surface area contributed by atoms with Crippen molar-refractivity contribution in [1.29, 1.82) is 0 Å². The number of hydrogen-bond donors (Lipinski definition) is 0. The van der Waals surface area contributed by atoms with E-state index in [1.165, 1.54) is 0 Å². The lowest BCUT2D eigenvalue weighted by Gasteiger charge is -2.49. The molecule has 1 heterocycles. The van der Waals surface area contributed by atoms with Gasteiger partial charge in [-0.05, 0) is 47.5 Å². The molecule has 0 aliphatic carbocycles. The number of carbonyl (C=O) groups is 2. The Morgan fingerprint density at radius 3 is 2.00 bits per heavy atom. The molecule has 0 amide bonds. The quantitative estimate of drug-likeness (QED) is 0.290. The Hall–Kier alpha value is -0.450. The molecule has 1 rings (SSSR count). The van der Waals surface area contributed by atoms with E-state index in [9.17, 15) is 14.8 Å². The van der Waals surface area contributed by atoms with Gasteiger partial charge < -0.3 is 14.2 Å². The third-order valence-corrected chi connectivity index (χ3v) is 5.07. The van der Waals surface area contributed by atoms with Crippen LogP contribution < -0.4 is 0 Å². The van der Waals surface area contributed by atoms with Crippen LogP contribution in [-0.2, 0) is 29.0 Å². The standard InChI is InChI=1S/C19H33INO6/c1-12(2)16(22)27-15(11-26-17(23)13(3)20)10-25-14-8-18(4,5)21(24)19(6,7)9-14/h12-15H,8-11H2,1-7H3. The topological polar surface area (TPSA) is 85.0 Å². The third kappa shape index (κ3) is 7.47. The highest BCUT2D eigenvalue weighted by atomic mass is 127. The maximum absolute atomic E-state index is 12.4. The van der Waals surface area contributed by atoms with Crippen molar-refractivity contribution in [2.75, 3.05) is 13.2 Å². The summed E-state index contributed by atoms with van der Waals surface area (Å²) in [5, 5.41) is 13.6. The molecule has 0 aromatic heterocycles. The first kappa shape index (κ1) is 24.6. The van der Waals surface area contributed by atoms with Gasteiger partial charge in [-0.25, -0.2) is 0 Å². The van der Waals surface area contributed by atoms with Gasteiger partial charge in [0.25, 0.3) is 0 Å². The van der Waals surface area contributed by atoms with Gasteiger partial charge in [0.15, 0.2) is 6.10 Å². The Kier molecular flexibility index (Phi) is 8.97. The molecule has 0 bridgehead atoms. The molecule has 8 heteroatoms. The van der Waals surface area contributed by atoms with Crippen molar-refractivity contribution in [3.05, 3.63) is 0 Å². The van der Waals surface area contributed by atoms with Gasteiger partial charge in [0, 0.05) is 11.1 Å². The van der Waals surface area contributed by atoms with Crippen LogP contribution in [0.3, 0.4) is 0 Å². The van der Waals surface area contributed by atoms with E-state index >= 15 is 0 Å². The smallest absolute Gasteiger partial charge is 0.318 e. The van der Waals surface area contributed by atoms with Gasteiger partial charge in [0.2, 0.25) is 0 Å². The average Bonchev–Trinajstić information content (AvgIpc) is 2.53. The largest absolute Gasteiger partial charge is 0.461 e. The number of ether oxygens (including phenoxy) is 3. The predicted octanol–water partition coefficient (Wildman–Crippen LogP) is 3.30. The summed E-state index contributed by atoms with van der Waals surface area (Å²) < 4.78 is 16.4. The van der Waals surface area contributed by atoms with Crippen LogP contribution in [0.2, 0.25) is 0 Å². The van der Waals surface area contributed by atoms with Crippen LogP contribution in [0.25, 0.3) is 0 Å². The average molecular weight is 498 g/mol. The Balaban J connectivity index is 2.71. The minimum absolute atomic E-state index is 0.0438. The normalized spacial score (nSPS) is 22.3. The van der Waals surface area contributed by atoms with Gasteiger partial charge in [-0.1, -0.05) is 36.4 Å². The number of esters is 2. The van der Waals surface area contributed by atoms with Gasteiger partial charge in [-0.2, -0.15) is 0 Å². The molecular weight excluding hydrogens is 465 g/mol. The second-order valence-electron chi connectivity index (χ2n) is 8.74. The fraction of sp³-hybridized carbons (Fsp3) is 0.895. The van der Waals surface area contributed by atoms with Gasteiger partial charge in [-0.3, -0.25) is 9.59 Å². The van der Waals surface area contributed by atoms with Crippen molar-refractivity contribution in [2.45, 2.75) is 88.5 Å². The molecule has 2 atom stereocenters. The lowest BCUT2D eigenvalue weighted by atomic mass is 9.80. The zero-order chi connectivity index (χ0) is 21.0. The molecule has 1 radical (unpaired) electrons. The van der Waals surface area contributed by atoms with Crippen molar-refractivity contribution in [2.24, 2.45) is 5.92 Å². The fourth-order valence-electron chi connectivity index (χ4n) is 3.24. The molecule has 0 spiro atoms. The molecule has 0 saturated carbocycles. The van der Waals surface area contributed by atoms with E-state index in [2.05, 4.69) is 0 Å². The zero-order valence-corrected chi connectivity index (χ0v) is 19.6.